The Balaban J connectivity index is 1.84. The fourth-order valence-electron chi connectivity index (χ4n) is 4.52. The Morgan fingerprint density at radius 2 is 0.854 bits per heavy atom. The van der Waals surface area contributed by atoms with E-state index in [0.717, 1.165) is 32.1 Å². The zero-order chi connectivity index (χ0) is 29.7. The third kappa shape index (κ3) is 11.4. The Hall–Kier alpha value is -1.87. The molecule has 3 aromatic rings. The van der Waals surface area contributed by atoms with Crippen molar-refractivity contribution >= 4 is 71.4 Å². The van der Waals surface area contributed by atoms with Gasteiger partial charge in [-0.15, -0.1) is 0 Å². The molecule has 218 valence electrons. The Labute approximate surface area is 268 Å². The van der Waals surface area contributed by atoms with Crippen molar-refractivity contribution in [2.45, 2.75) is 64.2 Å². The van der Waals surface area contributed by atoms with Crippen molar-refractivity contribution in [3.05, 3.63) is 108 Å². The predicted octanol–water partition coefficient (Wildman–Crippen LogP) is 9.39. The van der Waals surface area contributed by atoms with Gasteiger partial charge in [-0.25, -0.2) is 0 Å². The molecule has 0 fully saturated rings. The van der Waals surface area contributed by atoms with Crippen LogP contribution in [0.4, 0.5) is 0 Å². The summed E-state index contributed by atoms with van der Waals surface area (Å²) in [4.78, 5) is 0. The second-order valence-electron chi connectivity index (χ2n) is 10.8. The summed E-state index contributed by atoms with van der Waals surface area (Å²) in [5.41, 5.74) is 3.63. The summed E-state index contributed by atoms with van der Waals surface area (Å²) >= 11 is 13.3. The summed E-state index contributed by atoms with van der Waals surface area (Å²) in [7, 11) is 0. The van der Waals surface area contributed by atoms with Crippen molar-refractivity contribution in [2.24, 2.45) is 17.8 Å². The third-order valence-corrected chi connectivity index (χ3v) is 17.0. The molecule has 0 bridgehead atoms. The fourth-order valence-corrected chi connectivity index (χ4v) is 15.2. The molecule has 0 radical (unpaired) electrons. The second-order valence-corrected chi connectivity index (χ2v) is 19.1. The van der Waals surface area contributed by atoms with E-state index in [2.05, 4.69) is 64.1 Å². The van der Waals surface area contributed by atoms with Gasteiger partial charge in [0.2, 0.25) is 0 Å². The van der Waals surface area contributed by atoms with Gasteiger partial charge in [0.05, 0.1) is 0 Å². The molecule has 0 saturated heterocycles. The first kappa shape index (κ1) is 33.6. The molecule has 3 aromatic carbocycles. The average molecular weight is 714 g/mol. The predicted molar refractivity (Wildman–Crippen MR) is 184 cm³/mol. The summed E-state index contributed by atoms with van der Waals surface area (Å²) in [5.74, 6) is 0.00814. The molecule has 0 N–H and O–H groups in total. The molecule has 3 nitrogen and oxygen atoms in total. The molecule has 0 spiro atoms. The molecule has 0 heterocycles. The zero-order valence-corrected chi connectivity index (χ0v) is 29.9. The van der Waals surface area contributed by atoms with Gasteiger partial charge in [-0.2, -0.15) is 0 Å². The molecular formula is C34H42O3S3Sn. The monoisotopic (exact) mass is 714 g/mol. The van der Waals surface area contributed by atoms with Crippen LogP contribution in [0.25, 0.3) is 0 Å². The van der Waals surface area contributed by atoms with Crippen LogP contribution in [0.15, 0.2) is 91.0 Å². The minimum absolute atomic E-state index is 0.00271. The maximum absolute atomic E-state index is 6.74. The molecule has 41 heavy (non-hydrogen) atoms. The number of thiocarbonyl (C=S) groups is 3. The SMILES string of the molecule is CCC[CH2][Sn]([O]C(=S)C(C)Cc1ccccc1)([O]C(=S)C(C)Cc1ccccc1)[O]C(=S)C(C)Cc1ccccc1. The van der Waals surface area contributed by atoms with E-state index in [1.807, 2.05) is 54.6 Å². The normalized spacial score (nSPS) is 14.6. The Bertz CT molecular complexity index is 1090. The van der Waals surface area contributed by atoms with E-state index in [-0.39, 0.29) is 17.8 Å². The Kier molecular flexibility index (Phi) is 14.2. The van der Waals surface area contributed by atoms with Gasteiger partial charge in [0.25, 0.3) is 0 Å². The van der Waals surface area contributed by atoms with Crippen molar-refractivity contribution in [1.29, 1.82) is 0 Å². The van der Waals surface area contributed by atoms with E-state index in [0.29, 0.717) is 19.6 Å². The van der Waals surface area contributed by atoms with E-state index in [1.54, 1.807) is 0 Å². The zero-order valence-electron chi connectivity index (χ0n) is 24.6. The molecule has 7 heteroatoms. The summed E-state index contributed by atoms with van der Waals surface area (Å²) in [6.07, 6.45) is 4.19. The second kappa shape index (κ2) is 17.3. The van der Waals surface area contributed by atoms with E-state index < -0.39 is 19.6 Å². The summed E-state index contributed by atoms with van der Waals surface area (Å²) in [6, 6.07) is 31.0. The van der Waals surface area contributed by atoms with Gasteiger partial charge in [0, 0.05) is 0 Å². The van der Waals surface area contributed by atoms with Gasteiger partial charge in [-0.05, 0) is 0 Å². The minimum atomic E-state index is -4.46. The molecule has 0 aliphatic heterocycles. The molecule has 0 aliphatic rings. The maximum atomic E-state index is 6.74. The Morgan fingerprint density at radius 1 is 0.561 bits per heavy atom. The fraction of sp³-hybridized carbons (Fsp3) is 0.382. The van der Waals surface area contributed by atoms with E-state index >= 15 is 0 Å². The van der Waals surface area contributed by atoms with Crippen molar-refractivity contribution in [1.82, 2.24) is 0 Å². The van der Waals surface area contributed by atoms with Crippen LogP contribution in [0.5, 0.6) is 0 Å². The number of benzene rings is 3. The van der Waals surface area contributed by atoms with Crippen molar-refractivity contribution < 1.29 is 9.22 Å². The number of rotatable bonds is 15. The number of unbranched alkanes of at least 4 members (excludes halogenated alkanes) is 1. The van der Waals surface area contributed by atoms with Crippen LogP contribution in [-0.4, -0.2) is 34.8 Å². The first-order valence-corrected chi connectivity index (χ1v) is 21.3. The average Bonchev–Trinajstić information content (AvgIpc) is 2.97. The standard InChI is InChI=1S/3C10H12OS.C4H9.Sn/c3*1-8(10(11)12)7-9-5-3-2-4-6-9;1-3-4-2;/h3*2-6,8H,7H2,1H3,(H,11,12);1,3-4H2,2H3;/q;;;;+3/p-3. The van der Waals surface area contributed by atoms with Crippen LogP contribution < -0.4 is 0 Å². The molecule has 3 unspecified atom stereocenters. The van der Waals surface area contributed by atoms with E-state index in [9.17, 15) is 0 Å². The van der Waals surface area contributed by atoms with Crippen LogP contribution in [0.3, 0.4) is 0 Å². The van der Waals surface area contributed by atoms with Crippen molar-refractivity contribution in [3.8, 4) is 0 Å². The molecule has 0 amide bonds. The molecule has 3 rings (SSSR count). The van der Waals surface area contributed by atoms with Gasteiger partial charge < -0.3 is 0 Å². The molecule has 0 aliphatic carbocycles. The van der Waals surface area contributed by atoms with Crippen LogP contribution >= 0.6 is 36.7 Å². The number of hydrogen-bond donors (Lipinski definition) is 0. The molecule has 3 atom stereocenters. The van der Waals surface area contributed by atoms with Crippen molar-refractivity contribution in [2.75, 3.05) is 0 Å². The van der Waals surface area contributed by atoms with Gasteiger partial charge in [-0.1, -0.05) is 0 Å². The quantitative estimate of drug-likeness (QED) is 0.115. The van der Waals surface area contributed by atoms with E-state index in [4.69, 9.17) is 45.9 Å². The first-order chi connectivity index (χ1) is 19.7. The molecular weight excluding hydrogens is 671 g/mol. The topological polar surface area (TPSA) is 27.7 Å². The summed E-state index contributed by atoms with van der Waals surface area (Å²) in [5, 5.41) is 1.54. The third-order valence-electron chi connectivity index (χ3n) is 6.97. The summed E-state index contributed by atoms with van der Waals surface area (Å²) < 4.78 is 20.9. The van der Waals surface area contributed by atoms with E-state index in [1.165, 1.54) is 16.7 Å². The van der Waals surface area contributed by atoms with Crippen LogP contribution in [0.2, 0.25) is 4.44 Å². The van der Waals surface area contributed by atoms with Gasteiger partial charge in [0.15, 0.2) is 0 Å². The van der Waals surface area contributed by atoms with Crippen LogP contribution in [0, 0.1) is 17.8 Å². The number of hydrogen-bond acceptors (Lipinski definition) is 6. The van der Waals surface area contributed by atoms with Crippen molar-refractivity contribution in [3.63, 3.8) is 0 Å². The Morgan fingerprint density at radius 3 is 1.12 bits per heavy atom. The van der Waals surface area contributed by atoms with Crippen LogP contribution in [-0.2, 0) is 28.5 Å². The van der Waals surface area contributed by atoms with Gasteiger partial charge >= 0.3 is 270 Å². The summed E-state index contributed by atoms with van der Waals surface area (Å²) in [6.45, 7) is 8.44. The van der Waals surface area contributed by atoms with Gasteiger partial charge in [-0.3, -0.25) is 0 Å². The first-order valence-electron chi connectivity index (χ1n) is 14.5. The molecule has 0 saturated carbocycles. The van der Waals surface area contributed by atoms with Crippen LogP contribution in [0.1, 0.15) is 57.2 Å². The molecule has 0 aromatic heterocycles. The van der Waals surface area contributed by atoms with Gasteiger partial charge in [0.1, 0.15) is 0 Å².